The topological polar surface area (TPSA) is 72.2 Å². The van der Waals surface area contributed by atoms with Crippen molar-refractivity contribution >= 4 is 29.0 Å². The maximum atomic E-state index is 12.1. The summed E-state index contributed by atoms with van der Waals surface area (Å²) in [5, 5.41) is 13.8. The van der Waals surface area contributed by atoms with Gasteiger partial charge in [-0.1, -0.05) is 13.8 Å². The van der Waals surface area contributed by atoms with E-state index in [4.69, 9.17) is 0 Å². The SMILES string of the molecule is CC(C)Sc1ccc(C(=O)Nc2ccc([N+](=O)[O-])cc2)cc1. The fraction of sp³-hybridized carbons (Fsp3) is 0.188. The molecule has 0 spiro atoms. The lowest BCUT2D eigenvalue weighted by Gasteiger charge is -2.07. The molecular formula is C16H16N2O3S. The molecule has 0 saturated carbocycles. The number of hydrogen-bond acceptors (Lipinski definition) is 4. The lowest BCUT2D eigenvalue weighted by atomic mass is 10.2. The van der Waals surface area contributed by atoms with Crippen molar-refractivity contribution in [1.82, 2.24) is 0 Å². The highest BCUT2D eigenvalue weighted by Gasteiger charge is 2.08. The molecule has 0 atom stereocenters. The lowest BCUT2D eigenvalue weighted by Crippen LogP contribution is -2.11. The summed E-state index contributed by atoms with van der Waals surface area (Å²) < 4.78 is 0. The average molecular weight is 316 g/mol. The first-order chi connectivity index (χ1) is 10.5. The van der Waals surface area contributed by atoms with Crippen LogP contribution in [0, 0.1) is 10.1 Å². The van der Waals surface area contributed by atoms with Crippen molar-refractivity contribution < 1.29 is 9.72 Å². The van der Waals surface area contributed by atoms with E-state index in [1.807, 2.05) is 12.1 Å². The molecule has 2 rings (SSSR count). The van der Waals surface area contributed by atoms with Crippen LogP contribution in [0.2, 0.25) is 0 Å². The second-order valence-corrected chi connectivity index (χ2v) is 6.60. The molecule has 0 aliphatic carbocycles. The fourth-order valence-corrected chi connectivity index (χ4v) is 2.66. The predicted octanol–water partition coefficient (Wildman–Crippen LogP) is 4.35. The number of amides is 1. The quantitative estimate of drug-likeness (QED) is 0.506. The summed E-state index contributed by atoms with van der Waals surface area (Å²) in [5.74, 6) is -0.241. The number of hydrogen-bond donors (Lipinski definition) is 1. The number of rotatable bonds is 5. The molecule has 0 bridgehead atoms. The number of carbonyl (C=O) groups excluding carboxylic acids is 1. The molecule has 0 fully saturated rings. The first-order valence-corrected chi connectivity index (χ1v) is 7.66. The van der Waals surface area contributed by atoms with Crippen LogP contribution in [-0.2, 0) is 0 Å². The minimum Gasteiger partial charge on any atom is -0.322 e. The number of carbonyl (C=O) groups is 1. The Morgan fingerprint density at radius 2 is 1.68 bits per heavy atom. The third kappa shape index (κ3) is 4.33. The first kappa shape index (κ1) is 16.0. The van der Waals surface area contributed by atoms with Crippen LogP contribution >= 0.6 is 11.8 Å². The predicted molar refractivity (Wildman–Crippen MR) is 88.5 cm³/mol. The zero-order valence-electron chi connectivity index (χ0n) is 12.3. The molecule has 0 radical (unpaired) electrons. The van der Waals surface area contributed by atoms with Crippen molar-refractivity contribution in [3.8, 4) is 0 Å². The number of nitro groups is 1. The van der Waals surface area contributed by atoms with Gasteiger partial charge in [-0.2, -0.15) is 0 Å². The highest BCUT2D eigenvalue weighted by atomic mass is 32.2. The smallest absolute Gasteiger partial charge is 0.269 e. The number of nitrogens with one attached hydrogen (secondary N) is 1. The minimum atomic E-state index is -0.475. The van der Waals surface area contributed by atoms with Gasteiger partial charge < -0.3 is 5.32 Å². The average Bonchev–Trinajstić information content (AvgIpc) is 2.48. The van der Waals surface area contributed by atoms with Crippen LogP contribution < -0.4 is 5.32 Å². The maximum Gasteiger partial charge on any atom is 0.269 e. The van der Waals surface area contributed by atoms with E-state index in [2.05, 4.69) is 19.2 Å². The first-order valence-electron chi connectivity index (χ1n) is 6.78. The van der Waals surface area contributed by atoms with E-state index in [-0.39, 0.29) is 11.6 Å². The van der Waals surface area contributed by atoms with Gasteiger partial charge >= 0.3 is 0 Å². The molecule has 0 aromatic heterocycles. The van der Waals surface area contributed by atoms with Gasteiger partial charge in [0.05, 0.1) is 4.92 Å². The molecule has 0 heterocycles. The molecule has 0 saturated heterocycles. The maximum absolute atomic E-state index is 12.1. The van der Waals surface area contributed by atoms with E-state index < -0.39 is 4.92 Å². The highest BCUT2D eigenvalue weighted by molar-refractivity contribution is 7.99. The van der Waals surface area contributed by atoms with E-state index in [9.17, 15) is 14.9 Å². The molecule has 1 N–H and O–H groups in total. The van der Waals surface area contributed by atoms with Gasteiger partial charge in [0, 0.05) is 33.5 Å². The number of nitrogens with zero attached hydrogens (tertiary/aromatic N) is 1. The van der Waals surface area contributed by atoms with E-state index in [0.717, 1.165) is 4.90 Å². The van der Waals surface area contributed by atoms with Crippen molar-refractivity contribution in [3.05, 3.63) is 64.2 Å². The molecule has 1 amide bonds. The van der Waals surface area contributed by atoms with Crippen LogP contribution in [0.1, 0.15) is 24.2 Å². The lowest BCUT2D eigenvalue weighted by molar-refractivity contribution is -0.384. The van der Waals surface area contributed by atoms with Crippen LogP contribution in [0.3, 0.4) is 0 Å². The Kier molecular flexibility index (Phi) is 5.16. The van der Waals surface area contributed by atoms with Crippen molar-refractivity contribution in [3.63, 3.8) is 0 Å². The Morgan fingerprint density at radius 3 is 2.18 bits per heavy atom. The fourth-order valence-electron chi connectivity index (χ4n) is 1.83. The number of benzene rings is 2. The van der Waals surface area contributed by atoms with Gasteiger partial charge in [-0.05, 0) is 36.4 Å². The van der Waals surface area contributed by atoms with Crippen molar-refractivity contribution in [2.75, 3.05) is 5.32 Å². The standard InChI is InChI=1S/C16H16N2O3S/c1-11(2)22-15-9-3-12(4-10-15)16(19)17-13-5-7-14(8-6-13)18(20)21/h3-11H,1-2H3,(H,17,19). The summed E-state index contributed by atoms with van der Waals surface area (Å²) in [5.41, 5.74) is 1.07. The van der Waals surface area contributed by atoms with E-state index >= 15 is 0 Å². The summed E-state index contributed by atoms with van der Waals surface area (Å²) in [4.78, 5) is 23.3. The molecule has 2 aromatic rings. The van der Waals surface area contributed by atoms with Gasteiger partial charge in [0.15, 0.2) is 0 Å². The number of thioether (sulfide) groups is 1. The molecule has 0 aliphatic heterocycles. The molecule has 2 aromatic carbocycles. The van der Waals surface area contributed by atoms with Crippen LogP contribution in [-0.4, -0.2) is 16.1 Å². The summed E-state index contributed by atoms with van der Waals surface area (Å²) in [6.45, 7) is 4.22. The summed E-state index contributed by atoms with van der Waals surface area (Å²) >= 11 is 1.73. The van der Waals surface area contributed by atoms with E-state index in [1.54, 1.807) is 23.9 Å². The number of anilines is 1. The summed E-state index contributed by atoms with van der Waals surface area (Å²) in [6.07, 6.45) is 0. The zero-order valence-corrected chi connectivity index (χ0v) is 13.1. The normalized spacial score (nSPS) is 10.5. The van der Waals surface area contributed by atoms with Gasteiger partial charge in [-0.3, -0.25) is 14.9 Å². The van der Waals surface area contributed by atoms with Gasteiger partial charge in [0.25, 0.3) is 11.6 Å². The van der Waals surface area contributed by atoms with Crippen LogP contribution in [0.4, 0.5) is 11.4 Å². The summed E-state index contributed by atoms with van der Waals surface area (Å²) in [6, 6.07) is 13.1. The Balaban J connectivity index is 2.03. The minimum absolute atomic E-state index is 0.00642. The molecule has 5 nitrogen and oxygen atoms in total. The van der Waals surface area contributed by atoms with E-state index in [0.29, 0.717) is 16.5 Å². The van der Waals surface area contributed by atoms with Crippen molar-refractivity contribution in [2.24, 2.45) is 0 Å². The largest absolute Gasteiger partial charge is 0.322 e. The van der Waals surface area contributed by atoms with Crippen LogP contribution in [0.5, 0.6) is 0 Å². The molecular weight excluding hydrogens is 300 g/mol. The monoisotopic (exact) mass is 316 g/mol. The van der Waals surface area contributed by atoms with Crippen LogP contribution in [0.15, 0.2) is 53.4 Å². The van der Waals surface area contributed by atoms with Gasteiger partial charge in [-0.25, -0.2) is 0 Å². The zero-order chi connectivity index (χ0) is 16.1. The molecule has 0 unspecified atom stereocenters. The van der Waals surface area contributed by atoms with Gasteiger partial charge in [0.2, 0.25) is 0 Å². The second kappa shape index (κ2) is 7.09. The Morgan fingerprint density at radius 1 is 1.09 bits per heavy atom. The van der Waals surface area contributed by atoms with Crippen LogP contribution in [0.25, 0.3) is 0 Å². The van der Waals surface area contributed by atoms with E-state index in [1.165, 1.54) is 24.3 Å². The second-order valence-electron chi connectivity index (χ2n) is 4.95. The van der Waals surface area contributed by atoms with Crippen molar-refractivity contribution in [1.29, 1.82) is 0 Å². The third-order valence-electron chi connectivity index (χ3n) is 2.82. The molecule has 6 heteroatoms. The number of nitro benzene ring substituents is 1. The Hall–Kier alpha value is -2.34. The Labute approximate surface area is 132 Å². The van der Waals surface area contributed by atoms with Gasteiger partial charge in [0.1, 0.15) is 0 Å². The number of non-ortho nitro benzene ring substituents is 1. The molecule has 114 valence electrons. The van der Waals surface area contributed by atoms with Crippen molar-refractivity contribution in [2.45, 2.75) is 24.0 Å². The molecule has 0 aliphatic rings. The Bertz CT molecular complexity index is 667. The highest BCUT2D eigenvalue weighted by Crippen LogP contribution is 2.23. The third-order valence-corrected chi connectivity index (χ3v) is 3.84. The molecule has 22 heavy (non-hydrogen) atoms. The van der Waals surface area contributed by atoms with Gasteiger partial charge in [-0.15, -0.1) is 11.8 Å². The summed E-state index contributed by atoms with van der Waals surface area (Å²) in [7, 11) is 0.